The van der Waals surface area contributed by atoms with Gasteiger partial charge in [0.05, 0.1) is 10.4 Å². The number of hydrogen-bond donors (Lipinski definition) is 0. The van der Waals surface area contributed by atoms with E-state index in [1.807, 2.05) is 13.8 Å². The highest BCUT2D eigenvalue weighted by Gasteiger charge is 2.43. The summed E-state index contributed by atoms with van der Waals surface area (Å²) in [6.07, 6.45) is 0. The number of rotatable bonds is 1. The molecule has 0 aromatic carbocycles. The van der Waals surface area contributed by atoms with E-state index in [0.29, 0.717) is 6.61 Å². The predicted molar refractivity (Wildman–Crippen MR) is 60.5 cm³/mol. The van der Waals surface area contributed by atoms with E-state index in [1.54, 1.807) is 11.3 Å². The second-order valence-electron chi connectivity index (χ2n) is 4.16. The molecule has 0 N–H and O–H groups in total. The number of ether oxygens (including phenoxy) is 2. The molecule has 2 heterocycles. The third-order valence-corrected chi connectivity index (χ3v) is 3.85. The van der Waals surface area contributed by atoms with Gasteiger partial charge in [-0.25, -0.2) is 0 Å². The van der Waals surface area contributed by atoms with Crippen molar-refractivity contribution in [3.8, 4) is 0 Å². The third kappa shape index (κ3) is 1.89. The minimum Gasteiger partial charge on any atom is -0.347 e. The lowest BCUT2D eigenvalue weighted by Crippen LogP contribution is -2.27. The molecule has 0 spiro atoms. The molecule has 1 aromatic heterocycles. The lowest BCUT2D eigenvalue weighted by Gasteiger charge is -2.24. The quantitative estimate of drug-likeness (QED) is 0.782. The molecule has 1 aliphatic rings. The van der Waals surface area contributed by atoms with Crippen molar-refractivity contribution < 1.29 is 9.47 Å². The Morgan fingerprint density at radius 1 is 1.43 bits per heavy atom. The average Bonchev–Trinajstić information content (AvgIpc) is 2.57. The number of hydrogen-bond acceptors (Lipinski definition) is 3. The van der Waals surface area contributed by atoms with Crippen LogP contribution in [0.3, 0.4) is 0 Å². The first-order valence-corrected chi connectivity index (χ1v) is 6.17. The molecule has 2 rings (SSSR count). The normalized spacial score (nSPS) is 30.9. The molecule has 1 saturated heterocycles. The van der Waals surface area contributed by atoms with E-state index in [2.05, 4.69) is 34.3 Å². The molecular weight excluding hydrogens is 264 g/mol. The molecule has 0 bridgehead atoms. The minimum atomic E-state index is -0.469. The van der Waals surface area contributed by atoms with Gasteiger partial charge in [0.2, 0.25) is 0 Å². The summed E-state index contributed by atoms with van der Waals surface area (Å²) in [6.45, 7) is 6.57. The maximum atomic E-state index is 5.90. The van der Waals surface area contributed by atoms with Crippen molar-refractivity contribution in [2.24, 2.45) is 0 Å². The molecule has 1 aliphatic heterocycles. The Morgan fingerprint density at radius 3 is 2.57 bits per heavy atom. The Kier molecular flexibility index (Phi) is 2.50. The molecule has 1 unspecified atom stereocenters. The Hall–Kier alpha value is 0.1000. The Morgan fingerprint density at radius 2 is 2.14 bits per heavy atom. The van der Waals surface area contributed by atoms with E-state index in [0.717, 1.165) is 3.79 Å². The highest BCUT2D eigenvalue weighted by molar-refractivity contribution is 9.11. The average molecular weight is 277 g/mol. The summed E-state index contributed by atoms with van der Waals surface area (Å²) in [5, 5.41) is 2.11. The van der Waals surface area contributed by atoms with Crippen LogP contribution in [0.2, 0.25) is 0 Å². The van der Waals surface area contributed by atoms with Gasteiger partial charge in [-0.3, -0.25) is 0 Å². The zero-order chi connectivity index (χ0) is 10.4. The molecule has 14 heavy (non-hydrogen) atoms. The van der Waals surface area contributed by atoms with Crippen LogP contribution in [0.5, 0.6) is 0 Å². The van der Waals surface area contributed by atoms with Crippen molar-refractivity contribution in [2.75, 3.05) is 6.61 Å². The first kappa shape index (κ1) is 10.6. The molecule has 0 amide bonds. The molecule has 78 valence electrons. The van der Waals surface area contributed by atoms with E-state index >= 15 is 0 Å². The van der Waals surface area contributed by atoms with Crippen LogP contribution >= 0.6 is 27.3 Å². The fraction of sp³-hybridized carbons (Fsp3) is 0.600. The molecule has 1 fully saturated rings. The van der Waals surface area contributed by atoms with Gasteiger partial charge in [0, 0.05) is 0 Å². The van der Waals surface area contributed by atoms with Crippen molar-refractivity contribution in [3.05, 3.63) is 20.8 Å². The predicted octanol–water partition coefficient (Wildman–Crippen LogP) is 3.51. The van der Waals surface area contributed by atoms with Gasteiger partial charge in [-0.2, -0.15) is 0 Å². The molecule has 1 atom stereocenters. The highest BCUT2D eigenvalue weighted by atomic mass is 79.9. The lowest BCUT2D eigenvalue weighted by atomic mass is 10.0. The summed E-state index contributed by atoms with van der Waals surface area (Å²) < 4.78 is 12.6. The maximum Gasteiger partial charge on any atom is 0.164 e. The van der Waals surface area contributed by atoms with Crippen LogP contribution in [-0.2, 0) is 15.1 Å². The van der Waals surface area contributed by atoms with Crippen molar-refractivity contribution >= 4 is 27.3 Å². The third-order valence-electron chi connectivity index (χ3n) is 2.34. The SMILES string of the molecule is CC1(C)OCC(C)(c2csc(Br)c2)O1. The molecule has 1 aromatic rings. The molecule has 0 saturated carbocycles. The molecule has 2 nitrogen and oxygen atoms in total. The van der Waals surface area contributed by atoms with Crippen LogP contribution in [0.25, 0.3) is 0 Å². The first-order valence-electron chi connectivity index (χ1n) is 4.50. The van der Waals surface area contributed by atoms with Crippen LogP contribution in [0.15, 0.2) is 15.2 Å². The summed E-state index contributed by atoms with van der Waals surface area (Å²) in [6, 6.07) is 2.09. The summed E-state index contributed by atoms with van der Waals surface area (Å²) in [5.74, 6) is -0.469. The van der Waals surface area contributed by atoms with Gasteiger partial charge >= 0.3 is 0 Å². The van der Waals surface area contributed by atoms with E-state index in [-0.39, 0.29) is 5.60 Å². The van der Waals surface area contributed by atoms with Gasteiger partial charge in [0.1, 0.15) is 5.60 Å². The Bertz CT molecular complexity index is 348. The zero-order valence-electron chi connectivity index (χ0n) is 8.46. The highest BCUT2D eigenvalue weighted by Crippen LogP contribution is 2.40. The van der Waals surface area contributed by atoms with Crippen LogP contribution < -0.4 is 0 Å². The van der Waals surface area contributed by atoms with Crippen LogP contribution in [0, 0.1) is 0 Å². The summed E-state index contributed by atoms with van der Waals surface area (Å²) in [7, 11) is 0. The van der Waals surface area contributed by atoms with E-state index in [4.69, 9.17) is 9.47 Å². The van der Waals surface area contributed by atoms with Crippen molar-refractivity contribution in [1.82, 2.24) is 0 Å². The molecule has 0 radical (unpaired) electrons. The van der Waals surface area contributed by atoms with E-state index in [9.17, 15) is 0 Å². The largest absolute Gasteiger partial charge is 0.347 e. The van der Waals surface area contributed by atoms with Gasteiger partial charge in [-0.05, 0) is 53.7 Å². The minimum absolute atomic E-state index is 0.300. The maximum absolute atomic E-state index is 5.90. The monoisotopic (exact) mass is 276 g/mol. The second-order valence-corrected chi connectivity index (χ2v) is 6.45. The lowest BCUT2D eigenvalue weighted by molar-refractivity contribution is -0.159. The standard InChI is InChI=1S/C10H13BrO2S/c1-9(2)12-6-10(3,13-9)7-4-8(11)14-5-7/h4-5H,6H2,1-3H3. The topological polar surface area (TPSA) is 18.5 Å². The molecule has 4 heteroatoms. The summed E-state index contributed by atoms with van der Waals surface area (Å²) >= 11 is 5.13. The van der Waals surface area contributed by atoms with Crippen LogP contribution in [0.4, 0.5) is 0 Å². The van der Waals surface area contributed by atoms with E-state index in [1.165, 1.54) is 5.56 Å². The van der Waals surface area contributed by atoms with Gasteiger partial charge in [-0.1, -0.05) is 0 Å². The number of halogens is 1. The zero-order valence-corrected chi connectivity index (χ0v) is 10.9. The second kappa shape index (κ2) is 3.30. The Balaban J connectivity index is 2.27. The van der Waals surface area contributed by atoms with Crippen LogP contribution in [-0.4, -0.2) is 12.4 Å². The van der Waals surface area contributed by atoms with Crippen molar-refractivity contribution in [3.63, 3.8) is 0 Å². The van der Waals surface area contributed by atoms with Crippen molar-refractivity contribution in [2.45, 2.75) is 32.2 Å². The van der Waals surface area contributed by atoms with E-state index < -0.39 is 5.79 Å². The number of thiophene rings is 1. The summed E-state index contributed by atoms with van der Waals surface area (Å²) in [5.41, 5.74) is 0.881. The molecular formula is C10H13BrO2S. The Labute approximate surface area is 96.4 Å². The van der Waals surface area contributed by atoms with Gasteiger partial charge < -0.3 is 9.47 Å². The first-order chi connectivity index (χ1) is 6.41. The van der Waals surface area contributed by atoms with Gasteiger partial charge in [-0.15, -0.1) is 11.3 Å². The van der Waals surface area contributed by atoms with Crippen molar-refractivity contribution in [1.29, 1.82) is 0 Å². The van der Waals surface area contributed by atoms with Crippen LogP contribution in [0.1, 0.15) is 26.3 Å². The fourth-order valence-corrected chi connectivity index (χ4v) is 2.92. The van der Waals surface area contributed by atoms with Gasteiger partial charge in [0.25, 0.3) is 0 Å². The summed E-state index contributed by atoms with van der Waals surface area (Å²) in [4.78, 5) is 0. The molecule has 0 aliphatic carbocycles. The van der Waals surface area contributed by atoms with Gasteiger partial charge in [0.15, 0.2) is 5.79 Å². The smallest absolute Gasteiger partial charge is 0.164 e. The fourth-order valence-electron chi connectivity index (χ4n) is 1.64.